The van der Waals surface area contributed by atoms with Crippen LogP contribution < -0.4 is 10.5 Å². The smallest absolute Gasteiger partial charge is 0.164 e. The summed E-state index contributed by atoms with van der Waals surface area (Å²) in [6, 6.07) is 3.10. The lowest BCUT2D eigenvalue weighted by Crippen LogP contribution is -2.03. The Bertz CT molecular complexity index is 363. The van der Waals surface area contributed by atoms with Crippen molar-refractivity contribution >= 4 is 23.1 Å². The lowest BCUT2D eigenvalue weighted by molar-refractivity contribution is 0.0989. The summed E-state index contributed by atoms with van der Waals surface area (Å²) in [6.45, 7) is 1.78. The standard InChI is InChI=1S/C10H12ClNO2/c1-3-9(13)6-4-7(11)10(14-2)5-8(6)12/h4-5H,3,12H2,1-2H3. The number of ketones is 1. The van der Waals surface area contributed by atoms with Gasteiger partial charge in [0.1, 0.15) is 5.75 Å². The van der Waals surface area contributed by atoms with Crippen molar-refractivity contribution in [2.45, 2.75) is 13.3 Å². The van der Waals surface area contributed by atoms with Crippen LogP contribution in [0.3, 0.4) is 0 Å². The topological polar surface area (TPSA) is 52.3 Å². The van der Waals surface area contributed by atoms with Crippen LogP contribution in [0.4, 0.5) is 5.69 Å². The summed E-state index contributed by atoms with van der Waals surface area (Å²) in [7, 11) is 1.50. The van der Waals surface area contributed by atoms with Crippen LogP contribution in [0, 0.1) is 0 Å². The molecule has 0 radical (unpaired) electrons. The molecule has 0 atom stereocenters. The van der Waals surface area contributed by atoms with E-state index in [1.165, 1.54) is 7.11 Å². The van der Waals surface area contributed by atoms with Gasteiger partial charge < -0.3 is 10.5 Å². The Morgan fingerprint density at radius 1 is 1.57 bits per heavy atom. The molecular weight excluding hydrogens is 202 g/mol. The second-order valence-electron chi connectivity index (χ2n) is 2.85. The molecule has 3 nitrogen and oxygen atoms in total. The molecule has 1 aromatic carbocycles. The molecule has 0 aliphatic heterocycles. The Morgan fingerprint density at radius 2 is 2.21 bits per heavy atom. The molecule has 0 bridgehead atoms. The van der Waals surface area contributed by atoms with Gasteiger partial charge in [-0.3, -0.25) is 4.79 Å². The minimum Gasteiger partial charge on any atom is -0.495 e. The van der Waals surface area contributed by atoms with Gasteiger partial charge in [0.2, 0.25) is 0 Å². The summed E-state index contributed by atoms with van der Waals surface area (Å²) >= 11 is 5.87. The molecule has 0 amide bonds. The number of hydrogen-bond donors (Lipinski definition) is 1. The molecule has 0 unspecified atom stereocenters. The van der Waals surface area contributed by atoms with Gasteiger partial charge in [0.05, 0.1) is 12.1 Å². The van der Waals surface area contributed by atoms with Crippen molar-refractivity contribution in [2.24, 2.45) is 0 Å². The van der Waals surface area contributed by atoms with Crippen LogP contribution in [0.1, 0.15) is 23.7 Å². The summed E-state index contributed by atoms with van der Waals surface area (Å²) in [5.74, 6) is 0.462. The molecule has 1 rings (SSSR count). The molecule has 14 heavy (non-hydrogen) atoms. The zero-order valence-corrected chi connectivity index (χ0v) is 8.89. The second-order valence-corrected chi connectivity index (χ2v) is 3.26. The molecule has 0 heterocycles. The Kier molecular flexibility index (Phi) is 3.36. The molecule has 4 heteroatoms. The summed E-state index contributed by atoms with van der Waals surface area (Å²) < 4.78 is 4.97. The first kappa shape index (κ1) is 10.9. The molecule has 0 saturated carbocycles. The van der Waals surface area contributed by atoms with E-state index in [1.54, 1.807) is 19.1 Å². The Morgan fingerprint density at radius 3 is 2.71 bits per heavy atom. The van der Waals surface area contributed by atoms with Crippen LogP contribution in [0.15, 0.2) is 12.1 Å². The summed E-state index contributed by atoms with van der Waals surface area (Å²) in [5.41, 5.74) is 6.54. The molecule has 0 aromatic heterocycles. The van der Waals surface area contributed by atoms with Crippen molar-refractivity contribution in [3.05, 3.63) is 22.7 Å². The van der Waals surface area contributed by atoms with E-state index >= 15 is 0 Å². The van der Waals surface area contributed by atoms with E-state index in [0.29, 0.717) is 28.4 Å². The summed E-state index contributed by atoms with van der Waals surface area (Å²) in [4.78, 5) is 11.4. The number of nitrogens with two attached hydrogens (primary N) is 1. The van der Waals surface area contributed by atoms with Crippen molar-refractivity contribution in [3.8, 4) is 5.75 Å². The van der Waals surface area contributed by atoms with Gasteiger partial charge in [-0.05, 0) is 6.07 Å². The molecule has 0 aliphatic carbocycles. The van der Waals surface area contributed by atoms with E-state index in [9.17, 15) is 4.79 Å². The SMILES string of the molecule is CCC(=O)c1cc(Cl)c(OC)cc1N. The van der Waals surface area contributed by atoms with E-state index in [0.717, 1.165) is 0 Å². The van der Waals surface area contributed by atoms with E-state index in [1.807, 2.05) is 0 Å². The molecule has 1 aromatic rings. The van der Waals surface area contributed by atoms with Gasteiger partial charge in [-0.25, -0.2) is 0 Å². The van der Waals surface area contributed by atoms with Gasteiger partial charge in [0.25, 0.3) is 0 Å². The average Bonchev–Trinajstić information content (AvgIpc) is 2.19. The summed E-state index contributed by atoms with van der Waals surface area (Å²) in [6.07, 6.45) is 0.410. The van der Waals surface area contributed by atoms with E-state index < -0.39 is 0 Å². The lowest BCUT2D eigenvalue weighted by Gasteiger charge is -2.08. The zero-order chi connectivity index (χ0) is 10.7. The number of ether oxygens (including phenoxy) is 1. The maximum absolute atomic E-state index is 11.4. The predicted octanol–water partition coefficient (Wildman–Crippen LogP) is 2.52. The Hall–Kier alpha value is -1.22. The monoisotopic (exact) mass is 213 g/mol. The fourth-order valence-corrected chi connectivity index (χ4v) is 1.40. The van der Waals surface area contributed by atoms with Gasteiger partial charge in [0.15, 0.2) is 5.78 Å². The van der Waals surface area contributed by atoms with Crippen LogP contribution in [0.5, 0.6) is 5.75 Å². The number of rotatable bonds is 3. The molecule has 76 valence electrons. The molecule has 0 saturated heterocycles. The number of benzene rings is 1. The van der Waals surface area contributed by atoms with Crippen molar-refractivity contribution in [1.29, 1.82) is 0 Å². The van der Waals surface area contributed by atoms with E-state index in [-0.39, 0.29) is 5.78 Å². The van der Waals surface area contributed by atoms with Crippen LogP contribution in [-0.4, -0.2) is 12.9 Å². The Labute approximate surface area is 87.8 Å². The third-order valence-corrected chi connectivity index (χ3v) is 2.24. The second kappa shape index (κ2) is 4.33. The van der Waals surface area contributed by atoms with Crippen LogP contribution in [0.25, 0.3) is 0 Å². The quantitative estimate of drug-likeness (QED) is 0.620. The van der Waals surface area contributed by atoms with Gasteiger partial charge in [-0.15, -0.1) is 0 Å². The number of anilines is 1. The van der Waals surface area contributed by atoms with Gasteiger partial charge >= 0.3 is 0 Å². The molecular formula is C10H12ClNO2. The average molecular weight is 214 g/mol. The predicted molar refractivity (Wildman–Crippen MR) is 57.0 cm³/mol. The molecule has 0 fully saturated rings. The van der Waals surface area contributed by atoms with Crippen molar-refractivity contribution in [1.82, 2.24) is 0 Å². The lowest BCUT2D eigenvalue weighted by atomic mass is 10.1. The highest BCUT2D eigenvalue weighted by Crippen LogP contribution is 2.30. The number of carbonyl (C=O) groups excluding carboxylic acids is 1. The number of methoxy groups -OCH3 is 1. The first-order valence-electron chi connectivity index (χ1n) is 4.26. The maximum atomic E-state index is 11.4. The van der Waals surface area contributed by atoms with Gasteiger partial charge in [0, 0.05) is 23.7 Å². The number of halogens is 1. The minimum atomic E-state index is -0.0212. The van der Waals surface area contributed by atoms with Crippen LogP contribution >= 0.6 is 11.6 Å². The molecule has 0 aliphatic rings. The third kappa shape index (κ3) is 1.99. The maximum Gasteiger partial charge on any atom is 0.164 e. The molecule has 0 spiro atoms. The van der Waals surface area contributed by atoms with Crippen molar-refractivity contribution in [2.75, 3.05) is 12.8 Å². The Balaban J connectivity index is 3.21. The van der Waals surface area contributed by atoms with Gasteiger partial charge in [-0.2, -0.15) is 0 Å². The van der Waals surface area contributed by atoms with E-state index in [4.69, 9.17) is 22.1 Å². The largest absolute Gasteiger partial charge is 0.495 e. The number of nitrogen functional groups attached to an aromatic ring is 1. The number of hydrogen-bond acceptors (Lipinski definition) is 3. The van der Waals surface area contributed by atoms with Gasteiger partial charge in [-0.1, -0.05) is 18.5 Å². The fourth-order valence-electron chi connectivity index (χ4n) is 1.16. The zero-order valence-electron chi connectivity index (χ0n) is 8.13. The fraction of sp³-hybridized carbons (Fsp3) is 0.300. The number of carbonyl (C=O) groups is 1. The van der Waals surface area contributed by atoms with Crippen LogP contribution in [-0.2, 0) is 0 Å². The highest BCUT2D eigenvalue weighted by molar-refractivity contribution is 6.32. The number of Topliss-reactive ketones (excluding diaryl/α,β-unsaturated/α-hetero) is 1. The highest BCUT2D eigenvalue weighted by Gasteiger charge is 2.11. The molecule has 2 N–H and O–H groups in total. The third-order valence-electron chi connectivity index (χ3n) is 1.95. The van der Waals surface area contributed by atoms with E-state index in [2.05, 4.69) is 0 Å². The normalized spacial score (nSPS) is 9.93. The first-order valence-corrected chi connectivity index (χ1v) is 4.64. The van der Waals surface area contributed by atoms with Crippen LogP contribution in [0.2, 0.25) is 5.02 Å². The van der Waals surface area contributed by atoms with Crippen molar-refractivity contribution in [3.63, 3.8) is 0 Å². The first-order chi connectivity index (χ1) is 6.60. The minimum absolute atomic E-state index is 0.0212. The highest BCUT2D eigenvalue weighted by atomic mass is 35.5. The summed E-state index contributed by atoms with van der Waals surface area (Å²) in [5, 5.41) is 0.401. The van der Waals surface area contributed by atoms with Crippen molar-refractivity contribution < 1.29 is 9.53 Å².